The van der Waals surface area contributed by atoms with Gasteiger partial charge in [0.25, 0.3) is 0 Å². The van der Waals surface area contributed by atoms with Gasteiger partial charge >= 0.3 is 0 Å². The Hall–Kier alpha value is -6.52. The van der Waals surface area contributed by atoms with E-state index < -0.39 is 0 Å². The van der Waals surface area contributed by atoms with Crippen molar-refractivity contribution in [3.63, 3.8) is 0 Å². The summed E-state index contributed by atoms with van der Waals surface area (Å²) < 4.78 is 6.31. The lowest BCUT2D eigenvalue weighted by atomic mass is 9.98. The highest BCUT2D eigenvalue weighted by Crippen LogP contribution is 2.35. The SMILES string of the molecule is NC(=NC(=NCc1cccc2oc3ccc(-c4ccccc4)cc3c12)c1cccc(-c2cccc(-c3ccccc3)c2)c1)c1ccccc1. The first-order valence-electron chi connectivity index (χ1n) is 16.4. The van der Waals surface area contributed by atoms with Gasteiger partial charge < -0.3 is 10.2 Å². The van der Waals surface area contributed by atoms with E-state index in [2.05, 4.69) is 115 Å². The minimum absolute atomic E-state index is 0.399. The quantitative estimate of drug-likeness (QED) is 0.140. The van der Waals surface area contributed by atoms with Crippen molar-refractivity contribution < 1.29 is 4.42 Å². The van der Waals surface area contributed by atoms with Crippen molar-refractivity contribution in [1.29, 1.82) is 0 Å². The van der Waals surface area contributed by atoms with Crippen molar-refractivity contribution >= 4 is 33.6 Å². The molecule has 4 nitrogen and oxygen atoms in total. The minimum Gasteiger partial charge on any atom is -0.456 e. The lowest BCUT2D eigenvalue weighted by molar-refractivity contribution is 0.668. The summed E-state index contributed by atoms with van der Waals surface area (Å²) >= 11 is 0. The monoisotopic (exact) mass is 631 g/mol. The van der Waals surface area contributed by atoms with Crippen LogP contribution in [0.4, 0.5) is 0 Å². The molecular weight excluding hydrogens is 599 g/mol. The van der Waals surface area contributed by atoms with Crippen LogP contribution in [0, 0.1) is 0 Å². The summed E-state index contributed by atoms with van der Waals surface area (Å²) in [6.07, 6.45) is 0. The molecule has 1 aromatic heterocycles. The summed E-state index contributed by atoms with van der Waals surface area (Å²) in [6.45, 7) is 0.399. The van der Waals surface area contributed by atoms with E-state index >= 15 is 0 Å². The number of amidine groups is 2. The Bertz CT molecular complexity index is 2460. The fourth-order valence-corrected chi connectivity index (χ4v) is 6.33. The van der Waals surface area contributed by atoms with E-state index in [0.717, 1.165) is 60.9 Å². The highest BCUT2D eigenvalue weighted by atomic mass is 16.3. The van der Waals surface area contributed by atoms with Gasteiger partial charge in [-0.3, -0.25) is 4.99 Å². The third-order valence-corrected chi connectivity index (χ3v) is 8.81. The number of aliphatic imine (C=N–C) groups is 2. The molecule has 0 fully saturated rings. The maximum absolute atomic E-state index is 6.61. The molecule has 0 aliphatic rings. The van der Waals surface area contributed by atoms with Gasteiger partial charge in [-0.2, -0.15) is 0 Å². The van der Waals surface area contributed by atoms with Gasteiger partial charge in [0.05, 0.1) is 6.54 Å². The molecule has 0 saturated heterocycles. The van der Waals surface area contributed by atoms with E-state index in [1.807, 2.05) is 60.7 Å². The third kappa shape index (κ3) is 6.28. The average molecular weight is 632 g/mol. The number of nitrogens with zero attached hydrogens (tertiary/aromatic N) is 2. The van der Waals surface area contributed by atoms with Crippen LogP contribution in [0.25, 0.3) is 55.3 Å². The van der Waals surface area contributed by atoms with E-state index in [0.29, 0.717) is 18.2 Å². The molecule has 0 radical (unpaired) electrons. The van der Waals surface area contributed by atoms with E-state index in [-0.39, 0.29) is 0 Å². The molecule has 4 heteroatoms. The van der Waals surface area contributed by atoms with E-state index in [4.69, 9.17) is 20.1 Å². The van der Waals surface area contributed by atoms with Crippen LogP contribution in [0.2, 0.25) is 0 Å². The summed E-state index contributed by atoms with van der Waals surface area (Å²) in [7, 11) is 0. The molecule has 8 aromatic rings. The molecule has 0 aliphatic carbocycles. The normalized spacial score (nSPS) is 12.1. The molecule has 0 bridgehead atoms. The van der Waals surface area contributed by atoms with Gasteiger partial charge in [-0.25, -0.2) is 4.99 Å². The molecule has 0 spiro atoms. The number of fused-ring (bicyclic) bond motifs is 3. The first-order chi connectivity index (χ1) is 24.2. The average Bonchev–Trinajstić information content (AvgIpc) is 3.56. The molecule has 8 rings (SSSR count). The third-order valence-electron chi connectivity index (χ3n) is 8.81. The first-order valence-corrected chi connectivity index (χ1v) is 16.4. The zero-order valence-electron chi connectivity index (χ0n) is 26.8. The zero-order valence-corrected chi connectivity index (χ0v) is 26.8. The Kier molecular flexibility index (Phi) is 8.11. The Morgan fingerprint density at radius 2 is 1.02 bits per heavy atom. The van der Waals surface area contributed by atoms with E-state index in [1.165, 1.54) is 11.1 Å². The Labute approximate surface area is 285 Å². The maximum Gasteiger partial charge on any atom is 0.157 e. The second kappa shape index (κ2) is 13.3. The predicted octanol–water partition coefficient (Wildman–Crippen LogP) is 10.9. The lowest BCUT2D eigenvalue weighted by Crippen LogP contribution is -2.16. The van der Waals surface area contributed by atoms with Gasteiger partial charge in [0.1, 0.15) is 17.0 Å². The molecule has 2 N–H and O–H groups in total. The molecular formula is C45H33N3O. The number of hydrogen-bond acceptors (Lipinski definition) is 2. The van der Waals surface area contributed by atoms with Crippen molar-refractivity contribution in [2.45, 2.75) is 6.54 Å². The van der Waals surface area contributed by atoms with Crippen LogP contribution in [0.5, 0.6) is 0 Å². The fourth-order valence-electron chi connectivity index (χ4n) is 6.33. The van der Waals surface area contributed by atoms with Crippen molar-refractivity contribution in [2.24, 2.45) is 15.7 Å². The number of benzene rings is 7. The molecule has 0 saturated carbocycles. The van der Waals surface area contributed by atoms with Crippen molar-refractivity contribution in [3.05, 3.63) is 193 Å². The largest absolute Gasteiger partial charge is 0.456 e. The Morgan fingerprint density at radius 3 is 1.73 bits per heavy atom. The second-order valence-electron chi connectivity index (χ2n) is 12.0. The molecule has 0 unspecified atom stereocenters. The van der Waals surface area contributed by atoms with Crippen LogP contribution in [-0.2, 0) is 6.54 Å². The van der Waals surface area contributed by atoms with E-state index in [1.54, 1.807) is 0 Å². The van der Waals surface area contributed by atoms with Gasteiger partial charge in [-0.1, -0.05) is 146 Å². The maximum atomic E-state index is 6.61. The lowest BCUT2D eigenvalue weighted by Gasteiger charge is -2.10. The van der Waals surface area contributed by atoms with E-state index in [9.17, 15) is 0 Å². The highest BCUT2D eigenvalue weighted by Gasteiger charge is 2.14. The standard InChI is InChI=1S/C45H33N3O/c46-44(33-17-8-3-9-18-33)48-45(38-22-11-21-36(28-38)35-20-10-19-34(27-35)31-13-4-1-5-14-31)47-30-39-23-12-24-42-43(39)40-29-37(25-26-41(40)49-42)32-15-6-2-7-16-32/h1-29H,30H2,(H2,46,47,48). The molecule has 234 valence electrons. The van der Waals surface area contributed by atoms with Crippen LogP contribution < -0.4 is 5.73 Å². The summed E-state index contributed by atoms with van der Waals surface area (Å²) in [5.41, 5.74) is 17.9. The summed E-state index contributed by atoms with van der Waals surface area (Å²) in [5.74, 6) is 0.979. The van der Waals surface area contributed by atoms with Gasteiger partial charge in [-0.15, -0.1) is 0 Å². The van der Waals surface area contributed by atoms with Crippen LogP contribution in [0.15, 0.2) is 190 Å². The number of furan rings is 1. The fraction of sp³-hybridized carbons (Fsp3) is 0.0222. The molecule has 1 heterocycles. The highest BCUT2D eigenvalue weighted by molar-refractivity contribution is 6.12. The van der Waals surface area contributed by atoms with Crippen LogP contribution in [0.3, 0.4) is 0 Å². The zero-order chi connectivity index (χ0) is 33.0. The van der Waals surface area contributed by atoms with Gasteiger partial charge in [-0.05, 0) is 69.3 Å². The van der Waals surface area contributed by atoms with Gasteiger partial charge in [0.15, 0.2) is 5.84 Å². The van der Waals surface area contributed by atoms with Crippen molar-refractivity contribution in [1.82, 2.24) is 0 Å². The summed E-state index contributed by atoms with van der Waals surface area (Å²) in [4.78, 5) is 10.1. The molecule has 0 amide bonds. The van der Waals surface area contributed by atoms with Crippen LogP contribution >= 0.6 is 0 Å². The molecule has 7 aromatic carbocycles. The van der Waals surface area contributed by atoms with Gasteiger partial charge in [0, 0.05) is 21.9 Å². The molecule has 0 aliphatic heterocycles. The molecule has 0 atom stereocenters. The predicted molar refractivity (Wildman–Crippen MR) is 204 cm³/mol. The Balaban J connectivity index is 1.21. The van der Waals surface area contributed by atoms with Crippen molar-refractivity contribution in [3.8, 4) is 33.4 Å². The summed E-state index contributed by atoms with van der Waals surface area (Å²) in [6, 6.07) is 60.2. The Morgan fingerprint density at radius 1 is 0.469 bits per heavy atom. The minimum atomic E-state index is 0.399. The van der Waals surface area contributed by atoms with Crippen LogP contribution in [0.1, 0.15) is 16.7 Å². The second-order valence-corrected chi connectivity index (χ2v) is 12.0. The smallest absolute Gasteiger partial charge is 0.157 e. The topological polar surface area (TPSA) is 63.9 Å². The van der Waals surface area contributed by atoms with Gasteiger partial charge in [0.2, 0.25) is 0 Å². The van der Waals surface area contributed by atoms with Crippen molar-refractivity contribution in [2.75, 3.05) is 0 Å². The summed E-state index contributed by atoms with van der Waals surface area (Å²) in [5, 5.41) is 2.13. The number of nitrogens with two attached hydrogens (primary N) is 1. The van der Waals surface area contributed by atoms with Crippen LogP contribution in [-0.4, -0.2) is 11.7 Å². The first kappa shape index (κ1) is 29.9. The number of hydrogen-bond donors (Lipinski definition) is 1. The molecule has 49 heavy (non-hydrogen) atoms. The number of rotatable bonds is 7.